The van der Waals surface area contributed by atoms with E-state index in [2.05, 4.69) is 62.5 Å². The van der Waals surface area contributed by atoms with Crippen molar-refractivity contribution in [2.75, 3.05) is 37.0 Å². The average Bonchev–Trinajstić information content (AvgIpc) is 3.01. The van der Waals surface area contributed by atoms with Crippen LogP contribution >= 0.6 is 15.9 Å². The molecule has 32 heavy (non-hydrogen) atoms. The number of carbonyl (C=O) groups is 1. The van der Waals surface area contributed by atoms with Crippen LogP contribution in [0, 0.1) is 0 Å². The number of ether oxygens (including phenoxy) is 1. The summed E-state index contributed by atoms with van der Waals surface area (Å²) in [5, 5.41) is 0. The lowest BCUT2D eigenvalue weighted by Gasteiger charge is -2.42. The van der Waals surface area contributed by atoms with Gasteiger partial charge in [-0.25, -0.2) is 4.98 Å². The maximum Gasteiger partial charge on any atom is 0.253 e. The third-order valence-electron chi connectivity index (χ3n) is 6.71. The molecule has 2 aromatic rings. The van der Waals surface area contributed by atoms with Gasteiger partial charge in [0.15, 0.2) is 8.32 Å². The number of nitrogen functional groups attached to an aromatic ring is 1. The van der Waals surface area contributed by atoms with Gasteiger partial charge >= 0.3 is 0 Å². The van der Waals surface area contributed by atoms with Crippen molar-refractivity contribution >= 4 is 52.8 Å². The van der Waals surface area contributed by atoms with E-state index in [1.165, 1.54) is 0 Å². The van der Waals surface area contributed by atoms with Crippen molar-refractivity contribution in [3.8, 4) is 0 Å². The largest absolute Gasteiger partial charge is 0.416 e. The van der Waals surface area contributed by atoms with Crippen molar-refractivity contribution in [2.24, 2.45) is 0 Å². The first-order valence-electron chi connectivity index (χ1n) is 11.6. The smallest absolute Gasteiger partial charge is 0.253 e. The lowest BCUT2D eigenvalue weighted by molar-refractivity contribution is -0.125. The number of anilines is 2. The van der Waals surface area contributed by atoms with E-state index in [4.69, 9.17) is 14.9 Å². The molecule has 1 amide bonds. The Morgan fingerprint density at radius 1 is 1.19 bits per heavy atom. The molecule has 0 aliphatic carbocycles. The quantitative estimate of drug-likeness (QED) is 0.354. The molecule has 0 atom stereocenters. The lowest BCUT2D eigenvalue weighted by Crippen LogP contribution is -2.48. The van der Waals surface area contributed by atoms with Crippen LogP contribution < -0.4 is 10.6 Å². The molecule has 1 aliphatic rings. The zero-order chi connectivity index (χ0) is 23.6. The molecule has 178 valence electrons. The van der Waals surface area contributed by atoms with Crippen LogP contribution in [0.15, 0.2) is 16.6 Å². The fourth-order valence-electron chi connectivity index (χ4n) is 5.34. The van der Waals surface area contributed by atoms with Gasteiger partial charge in [0.1, 0.15) is 6.61 Å². The highest BCUT2D eigenvalue weighted by Gasteiger charge is 2.44. The maximum atomic E-state index is 12.3. The van der Waals surface area contributed by atoms with Crippen LogP contribution in [0.3, 0.4) is 0 Å². The summed E-state index contributed by atoms with van der Waals surface area (Å²) in [6.45, 7) is 16.5. The molecule has 1 aromatic carbocycles. The molecule has 9 heteroatoms. The molecule has 1 fully saturated rings. The van der Waals surface area contributed by atoms with Crippen molar-refractivity contribution in [3.63, 3.8) is 0 Å². The van der Waals surface area contributed by atoms with Gasteiger partial charge in [-0.15, -0.1) is 0 Å². The fourth-order valence-corrected chi connectivity index (χ4v) is 11.4. The second kappa shape index (κ2) is 10.2. The minimum absolute atomic E-state index is 0.0473. The number of imidazole rings is 1. The van der Waals surface area contributed by atoms with Crippen LogP contribution in [0.2, 0.25) is 16.6 Å². The summed E-state index contributed by atoms with van der Waals surface area (Å²) in [5.74, 6) is 0.436. The number of amides is 1. The summed E-state index contributed by atoms with van der Waals surface area (Å²) in [6.07, 6.45) is 0.873. The Kier molecular flexibility index (Phi) is 8.06. The fraction of sp³-hybridized carbons (Fsp3) is 0.652. The monoisotopic (exact) mass is 524 g/mol. The van der Waals surface area contributed by atoms with Crippen molar-refractivity contribution in [1.82, 2.24) is 9.55 Å². The summed E-state index contributed by atoms with van der Waals surface area (Å²) < 4.78 is 14.8. The molecule has 7 nitrogen and oxygen atoms in total. The highest BCUT2D eigenvalue weighted by Crippen LogP contribution is 2.42. The molecule has 0 bridgehead atoms. The summed E-state index contributed by atoms with van der Waals surface area (Å²) in [6, 6.07) is 3.94. The Labute approximate surface area is 200 Å². The van der Waals surface area contributed by atoms with E-state index in [9.17, 15) is 4.79 Å². The molecule has 2 heterocycles. The number of benzene rings is 1. The third kappa shape index (κ3) is 4.76. The van der Waals surface area contributed by atoms with E-state index >= 15 is 0 Å². The molecular weight excluding hydrogens is 488 g/mol. The second-order valence-electron chi connectivity index (χ2n) is 9.53. The van der Waals surface area contributed by atoms with Gasteiger partial charge in [-0.2, -0.15) is 0 Å². The van der Waals surface area contributed by atoms with E-state index in [1.807, 2.05) is 16.7 Å². The number of aromatic nitrogens is 2. The Morgan fingerprint density at radius 3 is 2.44 bits per heavy atom. The number of hydrogen-bond acceptors (Lipinski definition) is 5. The number of aryl methyl sites for hydroxylation is 1. The van der Waals surface area contributed by atoms with Gasteiger partial charge in [0.25, 0.3) is 5.91 Å². The SMILES string of the molecule is CC(C)[Si](OCCCn1c(N)nc2cc(N3CCOCC3=O)c(Br)cc21)(C(C)C)C(C)C. The average molecular weight is 526 g/mol. The van der Waals surface area contributed by atoms with E-state index in [1.54, 1.807) is 4.90 Å². The topological polar surface area (TPSA) is 82.6 Å². The van der Waals surface area contributed by atoms with Crippen molar-refractivity contribution in [1.29, 1.82) is 0 Å². The first-order valence-corrected chi connectivity index (χ1v) is 14.5. The molecule has 2 N–H and O–H groups in total. The van der Waals surface area contributed by atoms with Crippen LogP contribution in [-0.4, -0.2) is 50.1 Å². The molecule has 1 aromatic heterocycles. The predicted molar refractivity (Wildman–Crippen MR) is 137 cm³/mol. The summed E-state index contributed by atoms with van der Waals surface area (Å²) >= 11 is 3.64. The molecule has 3 rings (SSSR count). The van der Waals surface area contributed by atoms with E-state index in [-0.39, 0.29) is 12.5 Å². The summed E-state index contributed by atoms with van der Waals surface area (Å²) in [7, 11) is -1.87. The van der Waals surface area contributed by atoms with Crippen LogP contribution in [0.5, 0.6) is 0 Å². The number of nitrogens with two attached hydrogens (primary N) is 1. The van der Waals surface area contributed by atoms with Crippen molar-refractivity contribution < 1.29 is 14.0 Å². The summed E-state index contributed by atoms with van der Waals surface area (Å²) in [4.78, 5) is 18.6. The van der Waals surface area contributed by atoms with Gasteiger partial charge in [-0.1, -0.05) is 41.5 Å². The van der Waals surface area contributed by atoms with E-state index in [0.717, 1.165) is 40.8 Å². The number of carbonyl (C=O) groups excluding carboxylic acids is 1. The molecule has 1 aliphatic heterocycles. The molecule has 0 saturated carbocycles. The van der Waals surface area contributed by atoms with Crippen LogP contribution in [0.1, 0.15) is 48.0 Å². The van der Waals surface area contributed by atoms with Crippen LogP contribution in [-0.2, 0) is 20.5 Å². The van der Waals surface area contributed by atoms with Crippen molar-refractivity contribution in [2.45, 2.75) is 71.1 Å². The van der Waals surface area contributed by atoms with Gasteiger partial charge in [0, 0.05) is 24.2 Å². The van der Waals surface area contributed by atoms with E-state index < -0.39 is 8.32 Å². The molecule has 0 radical (unpaired) electrons. The zero-order valence-electron chi connectivity index (χ0n) is 20.2. The summed E-state index contributed by atoms with van der Waals surface area (Å²) in [5.41, 5.74) is 10.5. The van der Waals surface area contributed by atoms with Crippen LogP contribution in [0.25, 0.3) is 11.0 Å². The first-order chi connectivity index (χ1) is 15.1. The van der Waals surface area contributed by atoms with E-state index in [0.29, 0.717) is 35.7 Å². The van der Waals surface area contributed by atoms with Gasteiger partial charge in [0.2, 0.25) is 5.95 Å². The Morgan fingerprint density at radius 2 is 1.84 bits per heavy atom. The normalized spacial score (nSPS) is 15.7. The maximum absolute atomic E-state index is 12.3. The minimum Gasteiger partial charge on any atom is -0.416 e. The van der Waals surface area contributed by atoms with Crippen molar-refractivity contribution in [3.05, 3.63) is 16.6 Å². The molecular formula is C23H37BrN4O3Si. The Hall–Kier alpha value is -1.42. The third-order valence-corrected chi connectivity index (χ3v) is 13.5. The minimum atomic E-state index is -1.87. The van der Waals surface area contributed by atoms with Gasteiger partial charge in [-0.05, 0) is 51.1 Å². The number of halogens is 1. The highest BCUT2D eigenvalue weighted by atomic mass is 79.9. The van der Waals surface area contributed by atoms with Gasteiger partial charge in [0.05, 0.1) is 23.3 Å². The Bertz CT molecular complexity index is 939. The predicted octanol–water partition coefficient (Wildman–Crippen LogP) is 5.33. The molecule has 0 spiro atoms. The second-order valence-corrected chi connectivity index (χ2v) is 15.8. The standard InChI is InChI=1S/C23H37BrN4O3Si/c1-15(2)32(16(3)4,17(5)6)31-10-7-8-28-21-12-18(24)20(13-19(21)26-23(28)25)27-9-11-30-14-22(27)29/h12-13,15-17H,7-11,14H2,1-6H3,(H2,25,26). The number of hydrogen-bond donors (Lipinski definition) is 1. The number of fused-ring (bicyclic) bond motifs is 1. The molecule has 1 saturated heterocycles. The number of morpholine rings is 1. The number of rotatable bonds is 9. The Balaban J connectivity index is 1.76. The first kappa shape index (κ1) is 25.2. The van der Waals surface area contributed by atoms with Gasteiger partial charge in [-0.3, -0.25) is 4.79 Å². The highest BCUT2D eigenvalue weighted by molar-refractivity contribution is 9.10. The lowest BCUT2D eigenvalue weighted by atomic mass is 10.2. The zero-order valence-corrected chi connectivity index (χ0v) is 22.7. The van der Waals surface area contributed by atoms with Crippen LogP contribution in [0.4, 0.5) is 11.6 Å². The number of nitrogens with zero attached hydrogens (tertiary/aromatic N) is 3. The van der Waals surface area contributed by atoms with Gasteiger partial charge < -0.3 is 24.4 Å². The molecule has 0 unspecified atom stereocenters.